The summed E-state index contributed by atoms with van der Waals surface area (Å²) in [4.78, 5) is 4.13. The molecule has 0 unspecified atom stereocenters. The molecule has 5 heteroatoms. The summed E-state index contributed by atoms with van der Waals surface area (Å²) in [7, 11) is 0. The molecule has 0 aliphatic heterocycles. The molecule has 2 aromatic rings. The van der Waals surface area contributed by atoms with Gasteiger partial charge >= 0.3 is 0 Å². The van der Waals surface area contributed by atoms with Gasteiger partial charge in [0.25, 0.3) is 0 Å². The third-order valence-corrected chi connectivity index (χ3v) is 3.46. The molecular weight excluding hydrogens is 295 g/mol. The summed E-state index contributed by atoms with van der Waals surface area (Å²) >= 11 is 11.9. The number of hydrogen-bond acceptors (Lipinski definition) is 3. The Balaban J connectivity index is 2.13. The van der Waals surface area contributed by atoms with E-state index in [-0.39, 0.29) is 0 Å². The van der Waals surface area contributed by atoms with Crippen molar-refractivity contribution in [2.75, 3.05) is 6.54 Å². The number of benzene rings is 1. The van der Waals surface area contributed by atoms with E-state index in [2.05, 4.69) is 17.2 Å². The van der Waals surface area contributed by atoms with Crippen molar-refractivity contribution in [1.29, 1.82) is 0 Å². The molecule has 0 amide bonds. The van der Waals surface area contributed by atoms with Crippen molar-refractivity contribution in [3.05, 3.63) is 52.3 Å². The van der Waals surface area contributed by atoms with Crippen LogP contribution in [0.15, 0.2) is 36.7 Å². The Kier molecular flexibility index (Phi) is 5.65. The van der Waals surface area contributed by atoms with Crippen molar-refractivity contribution in [2.45, 2.75) is 19.9 Å². The molecule has 0 fully saturated rings. The number of aromatic nitrogens is 1. The van der Waals surface area contributed by atoms with Gasteiger partial charge in [-0.05, 0) is 31.2 Å². The molecule has 0 saturated carbocycles. The maximum atomic E-state index is 5.99. The zero-order valence-corrected chi connectivity index (χ0v) is 12.7. The Hall–Kier alpha value is -1.29. The minimum atomic E-state index is 0.476. The molecule has 20 heavy (non-hydrogen) atoms. The summed E-state index contributed by atoms with van der Waals surface area (Å²) < 4.78 is 5.85. The Morgan fingerprint density at radius 2 is 2.05 bits per heavy atom. The van der Waals surface area contributed by atoms with Crippen LogP contribution in [0.5, 0.6) is 11.5 Å². The van der Waals surface area contributed by atoms with Gasteiger partial charge in [-0.2, -0.15) is 0 Å². The van der Waals surface area contributed by atoms with E-state index in [0.29, 0.717) is 15.8 Å². The van der Waals surface area contributed by atoms with Gasteiger partial charge in [-0.25, -0.2) is 0 Å². The summed E-state index contributed by atoms with van der Waals surface area (Å²) in [6.45, 7) is 3.81. The molecule has 0 aliphatic rings. The summed E-state index contributed by atoms with van der Waals surface area (Å²) in [5, 5.41) is 4.32. The fourth-order valence-corrected chi connectivity index (χ4v) is 2.00. The Morgan fingerprint density at radius 1 is 1.20 bits per heavy atom. The molecule has 3 nitrogen and oxygen atoms in total. The van der Waals surface area contributed by atoms with Crippen LogP contribution in [-0.2, 0) is 6.54 Å². The van der Waals surface area contributed by atoms with Gasteiger partial charge in [0.15, 0.2) is 0 Å². The lowest BCUT2D eigenvalue weighted by Crippen LogP contribution is -2.14. The van der Waals surface area contributed by atoms with Gasteiger partial charge < -0.3 is 10.1 Å². The molecule has 0 aliphatic carbocycles. The SMILES string of the molecule is CCCNCc1cnccc1Oc1ccc(Cl)c(Cl)c1. The van der Waals surface area contributed by atoms with Crippen LogP contribution in [0.25, 0.3) is 0 Å². The molecule has 0 radical (unpaired) electrons. The van der Waals surface area contributed by atoms with E-state index in [4.69, 9.17) is 27.9 Å². The summed E-state index contributed by atoms with van der Waals surface area (Å²) in [6.07, 6.45) is 4.59. The number of nitrogens with one attached hydrogen (secondary N) is 1. The zero-order chi connectivity index (χ0) is 14.4. The fourth-order valence-electron chi connectivity index (χ4n) is 1.71. The highest BCUT2D eigenvalue weighted by atomic mass is 35.5. The predicted molar refractivity (Wildman–Crippen MR) is 82.8 cm³/mol. The van der Waals surface area contributed by atoms with E-state index in [1.54, 1.807) is 30.6 Å². The normalized spacial score (nSPS) is 10.6. The van der Waals surface area contributed by atoms with Crippen molar-refractivity contribution < 1.29 is 4.74 Å². The first-order chi connectivity index (χ1) is 9.70. The largest absolute Gasteiger partial charge is 0.457 e. The summed E-state index contributed by atoms with van der Waals surface area (Å²) in [5.41, 5.74) is 1.01. The topological polar surface area (TPSA) is 34.2 Å². The van der Waals surface area contributed by atoms with Crippen LogP contribution in [0.4, 0.5) is 0 Å². The lowest BCUT2D eigenvalue weighted by Gasteiger charge is -2.11. The average Bonchev–Trinajstić information content (AvgIpc) is 2.45. The lowest BCUT2D eigenvalue weighted by atomic mass is 10.2. The standard InChI is InChI=1S/C15H16Cl2N2O/c1-2-6-18-9-11-10-19-7-5-15(11)20-12-3-4-13(16)14(17)8-12/h3-5,7-8,10,18H,2,6,9H2,1H3. The highest BCUT2D eigenvalue weighted by Crippen LogP contribution is 2.30. The molecule has 1 aromatic heterocycles. The van der Waals surface area contributed by atoms with Crippen LogP contribution in [0, 0.1) is 0 Å². The molecule has 1 N–H and O–H groups in total. The van der Waals surface area contributed by atoms with E-state index in [9.17, 15) is 0 Å². The predicted octanol–water partition coefficient (Wildman–Crippen LogP) is 4.68. The van der Waals surface area contributed by atoms with Crippen LogP contribution in [0.1, 0.15) is 18.9 Å². The molecule has 2 rings (SSSR count). The molecule has 0 spiro atoms. The first-order valence-corrected chi connectivity index (χ1v) is 7.23. The van der Waals surface area contributed by atoms with E-state index in [0.717, 1.165) is 30.8 Å². The van der Waals surface area contributed by atoms with E-state index in [1.807, 2.05) is 6.07 Å². The minimum absolute atomic E-state index is 0.476. The second kappa shape index (κ2) is 7.48. The third-order valence-electron chi connectivity index (χ3n) is 2.72. The number of pyridine rings is 1. The Bertz CT molecular complexity index is 576. The van der Waals surface area contributed by atoms with E-state index >= 15 is 0 Å². The van der Waals surface area contributed by atoms with Gasteiger partial charge in [0.2, 0.25) is 0 Å². The first-order valence-electron chi connectivity index (χ1n) is 6.47. The maximum Gasteiger partial charge on any atom is 0.134 e. The molecular formula is C15H16Cl2N2O. The number of nitrogens with zero attached hydrogens (tertiary/aromatic N) is 1. The molecule has 1 heterocycles. The highest BCUT2D eigenvalue weighted by Gasteiger charge is 2.06. The zero-order valence-electron chi connectivity index (χ0n) is 11.2. The number of halogens is 2. The van der Waals surface area contributed by atoms with Gasteiger partial charge in [0, 0.05) is 30.6 Å². The molecule has 1 aromatic carbocycles. The van der Waals surface area contributed by atoms with Crippen molar-refractivity contribution in [1.82, 2.24) is 10.3 Å². The van der Waals surface area contributed by atoms with Crippen LogP contribution >= 0.6 is 23.2 Å². The maximum absolute atomic E-state index is 5.99. The fraction of sp³-hybridized carbons (Fsp3) is 0.267. The van der Waals surface area contributed by atoms with Crippen molar-refractivity contribution in [2.24, 2.45) is 0 Å². The van der Waals surface area contributed by atoms with Crippen LogP contribution in [0.3, 0.4) is 0 Å². The lowest BCUT2D eigenvalue weighted by molar-refractivity contribution is 0.471. The monoisotopic (exact) mass is 310 g/mol. The van der Waals surface area contributed by atoms with Gasteiger partial charge in [-0.1, -0.05) is 30.1 Å². The third kappa shape index (κ3) is 4.10. The first kappa shape index (κ1) is 15.1. The van der Waals surface area contributed by atoms with Gasteiger partial charge in [-0.15, -0.1) is 0 Å². The van der Waals surface area contributed by atoms with E-state index < -0.39 is 0 Å². The summed E-state index contributed by atoms with van der Waals surface area (Å²) in [5.74, 6) is 1.42. The second-order valence-electron chi connectivity index (χ2n) is 4.34. The second-order valence-corrected chi connectivity index (χ2v) is 5.15. The highest BCUT2D eigenvalue weighted by molar-refractivity contribution is 6.42. The molecule has 106 valence electrons. The quantitative estimate of drug-likeness (QED) is 0.787. The average molecular weight is 311 g/mol. The molecule has 0 atom stereocenters. The Morgan fingerprint density at radius 3 is 2.80 bits per heavy atom. The number of rotatable bonds is 6. The van der Waals surface area contributed by atoms with E-state index in [1.165, 1.54) is 0 Å². The van der Waals surface area contributed by atoms with Crippen molar-refractivity contribution in [3.8, 4) is 11.5 Å². The van der Waals surface area contributed by atoms with Crippen LogP contribution in [-0.4, -0.2) is 11.5 Å². The number of hydrogen-bond donors (Lipinski definition) is 1. The molecule has 0 bridgehead atoms. The molecule has 0 saturated heterocycles. The van der Waals surface area contributed by atoms with Crippen LogP contribution in [0.2, 0.25) is 10.0 Å². The smallest absolute Gasteiger partial charge is 0.134 e. The van der Waals surface area contributed by atoms with Gasteiger partial charge in [0.1, 0.15) is 11.5 Å². The van der Waals surface area contributed by atoms with Gasteiger partial charge in [-0.3, -0.25) is 4.98 Å². The number of ether oxygens (including phenoxy) is 1. The minimum Gasteiger partial charge on any atom is -0.457 e. The van der Waals surface area contributed by atoms with Crippen molar-refractivity contribution in [3.63, 3.8) is 0 Å². The Labute approximate surface area is 128 Å². The summed E-state index contributed by atoms with van der Waals surface area (Å²) in [6, 6.07) is 7.05. The van der Waals surface area contributed by atoms with Gasteiger partial charge in [0.05, 0.1) is 10.0 Å². The van der Waals surface area contributed by atoms with Crippen molar-refractivity contribution >= 4 is 23.2 Å². The van der Waals surface area contributed by atoms with Crippen LogP contribution < -0.4 is 10.1 Å².